The van der Waals surface area contributed by atoms with E-state index >= 15 is 0 Å². The van der Waals surface area contributed by atoms with Gasteiger partial charge in [-0.3, -0.25) is 4.98 Å². The normalized spacial score (nSPS) is 22.3. The average Bonchev–Trinajstić information content (AvgIpc) is 3.45. The monoisotopic (exact) mass is 615 g/mol. The molecule has 2 aromatic rings. The van der Waals surface area contributed by atoms with E-state index in [4.69, 9.17) is 14.1 Å². The van der Waals surface area contributed by atoms with E-state index in [1.807, 2.05) is 0 Å². The lowest BCUT2D eigenvalue weighted by molar-refractivity contribution is -0.137. The topological polar surface area (TPSA) is 51.6 Å². The third kappa shape index (κ3) is 6.68. The number of aliphatic hydroxyl groups excluding tert-OH is 1. The molecule has 0 spiro atoms. The molecule has 2 aliphatic carbocycles. The molecule has 1 aromatic heterocycles. The summed E-state index contributed by atoms with van der Waals surface area (Å²) in [5.41, 5.74) is 5.72. The fourth-order valence-electron chi connectivity index (χ4n) is 6.75. The van der Waals surface area contributed by atoms with Gasteiger partial charge < -0.3 is 14.3 Å². The second-order valence-electron chi connectivity index (χ2n) is 15.1. The van der Waals surface area contributed by atoms with Gasteiger partial charge in [-0.05, 0) is 97.3 Å². The molecule has 1 aliphatic heterocycles. The Morgan fingerprint density at radius 3 is 2.28 bits per heavy atom. The van der Waals surface area contributed by atoms with Crippen LogP contribution in [-0.4, -0.2) is 31.6 Å². The molecular formula is C35H48F3NO3Si. The quantitative estimate of drug-likeness (QED) is 0.329. The Bertz CT molecular complexity index is 1350. The Hall–Kier alpha value is -2.00. The van der Waals surface area contributed by atoms with Crippen molar-refractivity contribution < 1.29 is 27.4 Å². The smallest absolute Gasteiger partial charge is 0.410 e. The SMILES string of the molecule is CC1(C)Cc2nc(C3CCOCC3)c([C@@H](O)c3ccc(C(F)(F)F)cc3)c(C3=CCCC3)c2[C@@H](O[Si](C)(C)C(C)(C)C)C1. The highest BCUT2D eigenvalue weighted by Gasteiger charge is 2.45. The number of rotatable bonds is 6. The number of alkyl halides is 3. The van der Waals surface area contributed by atoms with E-state index in [0.29, 0.717) is 18.8 Å². The second kappa shape index (κ2) is 11.7. The van der Waals surface area contributed by atoms with Crippen molar-refractivity contribution in [3.63, 3.8) is 0 Å². The first-order valence-electron chi connectivity index (χ1n) is 15.9. The minimum absolute atomic E-state index is 0.0135. The summed E-state index contributed by atoms with van der Waals surface area (Å²) in [6, 6.07) is 4.97. The summed E-state index contributed by atoms with van der Waals surface area (Å²) < 4.78 is 53.2. The van der Waals surface area contributed by atoms with Crippen LogP contribution in [-0.2, 0) is 21.8 Å². The van der Waals surface area contributed by atoms with Crippen LogP contribution in [0.4, 0.5) is 13.2 Å². The van der Waals surface area contributed by atoms with Gasteiger partial charge >= 0.3 is 6.18 Å². The number of pyridine rings is 1. The maximum atomic E-state index is 13.4. The third-order valence-corrected chi connectivity index (χ3v) is 14.6. The number of hydrogen-bond donors (Lipinski definition) is 1. The molecule has 1 saturated heterocycles. The van der Waals surface area contributed by atoms with Crippen molar-refractivity contribution in [1.82, 2.24) is 4.98 Å². The van der Waals surface area contributed by atoms with Crippen LogP contribution in [0, 0.1) is 5.41 Å². The predicted octanol–water partition coefficient (Wildman–Crippen LogP) is 9.68. The number of fused-ring (bicyclic) bond motifs is 1. The lowest BCUT2D eigenvalue weighted by Gasteiger charge is -2.45. The van der Waals surface area contributed by atoms with Gasteiger partial charge in [0.15, 0.2) is 8.32 Å². The van der Waals surface area contributed by atoms with E-state index < -0.39 is 26.2 Å². The predicted molar refractivity (Wildman–Crippen MR) is 167 cm³/mol. The maximum absolute atomic E-state index is 13.4. The van der Waals surface area contributed by atoms with Gasteiger partial charge in [0.05, 0.1) is 17.4 Å². The summed E-state index contributed by atoms with van der Waals surface area (Å²) >= 11 is 0. The first-order valence-corrected chi connectivity index (χ1v) is 18.8. The highest BCUT2D eigenvalue weighted by molar-refractivity contribution is 6.74. The first kappa shape index (κ1) is 32.4. The van der Waals surface area contributed by atoms with Crippen LogP contribution < -0.4 is 0 Å². The van der Waals surface area contributed by atoms with Gasteiger partial charge in [0.2, 0.25) is 0 Å². The minimum Gasteiger partial charge on any atom is -0.410 e. The lowest BCUT2D eigenvalue weighted by atomic mass is 9.71. The van der Waals surface area contributed by atoms with Gasteiger partial charge in [0, 0.05) is 36.0 Å². The molecule has 0 bridgehead atoms. The van der Waals surface area contributed by atoms with Gasteiger partial charge in [-0.25, -0.2) is 0 Å². The van der Waals surface area contributed by atoms with Crippen molar-refractivity contribution in [3.8, 4) is 0 Å². The van der Waals surface area contributed by atoms with Gasteiger partial charge in [0.25, 0.3) is 0 Å². The number of aliphatic hydroxyl groups is 1. The molecule has 8 heteroatoms. The van der Waals surface area contributed by atoms with Crippen molar-refractivity contribution in [1.29, 1.82) is 0 Å². The highest BCUT2D eigenvalue weighted by atomic mass is 28.4. The zero-order valence-electron chi connectivity index (χ0n) is 26.8. The van der Waals surface area contributed by atoms with Crippen LogP contribution in [0.3, 0.4) is 0 Å². The third-order valence-electron chi connectivity index (χ3n) is 10.1. The number of allylic oxidation sites excluding steroid dienone is 2. The van der Waals surface area contributed by atoms with Crippen LogP contribution in [0.1, 0.15) is 130 Å². The number of halogens is 3. The molecule has 2 heterocycles. The van der Waals surface area contributed by atoms with Crippen LogP contribution >= 0.6 is 0 Å². The summed E-state index contributed by atoms with van der Waals surface area (Å²) in [4.78, 5) is 5.42. The molecule has 43 heavy (non-hydrogen) atoms. The standard InChI is InChI=1S/C35H48F3NO3Si/c1-33(2,3)43(6,7)42-27-21-34(4,5)20-26-29(27)28(22-10-8-9-11-22)30(31(39-26)23-16-18-41-19-17-23)32(40)24-12-14-25(15-13-24)35(36,37)38/h10,12-15,23,27,32,40H,8-9,11,16-21H2,1-7H3/t27-,32-/m0/s1. The van der Waals surface area contributed by atoms with Crippen LogP contribution in [0.2, 0.25) is 18.1 Å². The summed E-state index contributed by atoms with van der Waals surface area (Å²) in [5.74, 6) is 0.101. The van der Waals surface area contributed by atoms with Crippen LogP contribution in [0.15, 0.2) is 30.3 Å². The van der Waals surface area contributed by atoms with Crippen molar-refractivity contribution in [2.45, 2.75) is 122 Å². The molecule has 3 aliphatic rings. The molecule has 0 saturated carbocycles. The Balaban J connectivity index is 1.76. The number of nitrogens with zero attached hydrogens (tertiary/aromatic N) is 1. The minimum atomic E-state index is -4.44. The van der Waals surface area contributed by atoms with Gasteiger partial charge in [-0.15, -0.1) is 0 Å². The zero-order chi connectivity index (χ0) is 31.4. The highest BCUT2D eigenvalue weighted by Crippen LogP contribution is 2.52. The molecule has 4 nitrogen and oxygen atoms in total. The van der Waals surface area contributed by atoms with Crippen LogP contribution in [0.25, 0.3) is 5.57 Å². The number of aromatic nitrogens is 1. The summed E-state index contributed by atoms with van der Waals surface area (Å²) in [6.45, 7) is 17.1. The van der Waals surface area contributed by atoms with E-state index in [-0.39, 0.29) is 22.5 Å². The zero-order valence-corrected chi connectivity index (χ0v) is 27.8. The van der Waals surface area contributed by atoms with Crippen LogP contribution in [0.5, 0.6) is 0 Å². The Morgan fingerprint density at radius 2 is 1.72 bits per heavy atom. The second-order valence-corrected chi connectivity index (χ2v) is 19.8. The molecule has 1 fully saturated rings. The molecular weight excluding hydrogens is 567 g/mol. The molecule has 2 atom stereocenters. The van der Waals surface area contributed by atoms with E-state index in [0.717, 1.165) is 85.2 Å². The van der Waals surface area contributed by atoms with E-state index in [1.165, 1.54) is 17.7 Å². The van der Waals surface area contributed by atoms with Gasteiger partial charge in [0.1, 0.15) is 6.10 Å². The number of benzene rings is 1. The average molecular weight is 616 g/mol. The first-order chi connectivity index (χ1) is 20.0. The molecule has 5 rings (SSSR count). The summed E-state index contributed by atoms with van der Waals surface area (Å²) in [7, 11) is -2.20. The van der Waals surface area contributed by atoms with Crippen molar-refractivity contribution in [3.05, 3.63) is 69.5 Å². The number of ether oxygens (including phenoxy) is 1. The van der Waals surface area contributed by atoms with E-state index in [9.17, 15) is 18.3 Å². The van der Waals surface area contributed by atoms with E-state index in [2.05, 4.69) is 53.8 Å². The van der Waals surface area contributed by atoms with Crippen molar-refractivity contribution >= 4 is 13.9 Å². The molecule has 0 radical (unpaired) electrons. The molecule has 0 unspecified atom stereocenters. The summed E-state index contributed by atoms with van der Waals surface area (Å²) in [6.07, 6.45) is 2.71. The van der Waals surface area contributed by atoms with Gasteiger partial charge in [-0.1, -0.05) is 52.8 Å². The molecule has 0 amide bonds. The van der Waals surface area contributed by atoms with Crippen molar-refractivity contribution in [2.24, 2.45) is 5.41 Å². The Morgan fingerprint density at radius 1 is 1.07 bits per heavy atom. The largest absolute Gasteiger partial charge is 0.416 e. The van der Waals surface area contributed by atoms with E-state index in [1.54, 1.807) is 0 Å². The summed E-state index contributed by atoms with van der Waals surface area (Å²) in [5, 5.41) is 12.2. The molecule has 1 N–H and O–H groups in total. The lowest BCUT2D eigenvalue weighted by Crippen LogP contribution is -2.44. The fourth-order valence-corrected chi connectivity index (χ4v) is 8.02. The Labute approximate surface area is 256 Å². The maximum Gasteiger partial charge on any atom is 0.416 e. The van der Waals surface area contributed by atoms with Crippen molar-refractivity contribution in [2.75, 3.05) is 13.2 Å². The molecule has 1 aromatic carbocycles. The fraction of sp³-hybridized carbons (Fsp3) is 0.629. The Kier molecular flexibility index (Phi) is 8.84. The van der Waals surface area contributed by atoms with Gasteiger partial charge in [-0.2, -0.15) is 13.2 Å². The molecule has 236 valence electrons. The number of hydrogen-bond acceptors (Lipinski definition) is 4.